The van der Waals surface area contributed by atoms with Crippen LogP contribution in [0.3, 0.4) is 0 Å². The molecular weight excluding hydrogens is 369 g/mol. The number of nitrogens with two attached hydrogens (primary N) is 1. The molecule has 1 heterocycles. The van der Waals surface area contributed by atoms with Gasteiger partial charge in [-0.3, -0.25) is 0 Å². The average molecular weight is 382 g/mol. The van der Waals surface area contributed by atoms with Crippen LogP contribution in [0.15, 0.2) is 57.9 Å². The van der Waals surface area contributed by atoms with Gasteiger partial charge in [-0.05, 0) is 36.8 Å². The Bertz CT molecular complexity index is 1040. The van der Waals surface area contributed by atoms with Gasteiger partial charge in [0.25, 0.3) is 0 Å². The van der Waals surface area contributed by atoms with Crippen LogP contribution in [-0.4, -0.2) is 13.6 Å². The smallest absolute Gasteiger partial charge is 0.360 e. The van der Waals surface area contributed by atoms with Crippen LogP contribution in [0.5, 0.6) is 0 Å². The minimum absolute atomic E-state index is 0.0496. The van der Waals surface area contributed by atoms with Gasteiger partial charge in [0.1, 0.15) is 11.5 Å². The van der Waals surface area contributed by atoms with Gasteiger partial charge in [-0.1, -0.05) is 29.4 Å². The highest BCUT2D eigenvalue weighted by atomic mass is 32.2. The first-order chi connectivity index (χ1) is 12.1. The molecule has 0 aliphatic carbocycles. The average Bonchev–Trinajstić information content (AvgIpc) is 2.95. The van der Waals surface area contributed by atoms with E-state index in [-0.39, 0.29) is 4.90 Å². The summed E-state index contributed by atoms with van der Waals surface area (Å²) in [5.74, 6) is 0.447. The molecule has 0 spiro atoms. The zero-order valence-electron chi connectivity index (χ0n) is 13.4. The third kappa shape index (κ3) is 3.49. The van der Waals surface area contributed by atoms with Gasteiger partial charge in [0.15, 0.2) is 0 Å². The van der Waals surface area contributed by atoms with Crippen molar-refractivity contribution in [1.29, 1.82) is 0 Å². The summed E-state index contributed by atoms with van der Waals surface area (Å²) in [5.41, 5.74) is 1.21. The van der Waals surface area contributed by atoms with Crippen molar-refractivity contribution in [1.82, 2.24) is 5.16 Å². The zero-order valence-corrected chi connectivity index (χ0v) is 14.2. The molecule has 2 N–H and O–H groups in total. The molecule has 0 radical (unpaired) electrons. The largest absolute Gasteiger partial charge is 0.416 e. The number of aromatic nitrogens is 1. The lowest BCUT2D eigenvalue weighted by Crippen LogP contribution is -2.11. The SMILES string of the molecule is Cc1onc(-c2ccc(C(F)(F)F)cc2)c1-c1ccc(S(N)(=O)=O)cc1. The lowest BCUT2D eigenvalue weighted by Gasteiger charge is -2.08. The Hall–Kier alpha value is -2.65. The number of hydrogen-bond donors (Lipinski definition) is 1. The van der Waals surface area contributed by atoms with E-state index in [1.165, 1.54) is 36.4 Å². The van der Waals surface area contributed by atoms with E-state index in [4.69, 9.17) is 9.66 Å². The van der Waals surface area contributed by atoms with E-state index in [1.807, 2.05) is 0 Å². The molecule has 2 aromatic carbocycles. The minimum Gasteiger partial charge on any atom is -0.360 e. The van der Waals surface area contributed by atoms with E-state index in [2.05, 4.69) is 5.16 Å². The van der Waals surface area contributed by atoms with Gasteiger partial charge in [-0.25, -0.2) is 13.6 Å². The van der Waals surface area contributed by atoms with Crippen molar-refractivity contribution >= 4 is 10.0 Å². The molecule has 0 atom stereocenters. The number of primary sulfonamides is 1. The monoisotopic (exact) mass is 382 g/mol. The Morgan fingerprint density at radius 2 is 1.50 bits per heavy atom. The van der Waals surface area contributed by atoms with E-state index >= 15 is 0 Å². The lowest BCUT2D eigenvalue weighted by atomic mass is 9.99. The van der Waals surface area contributed by atoms with Crippen LogP contribution >= 0.6 is 0 Å². The first-order valence-corrected chi connectivity index (χ1v) is 8.89. The third-order valence-corrected chi connectivity index (χ3v) is 4.75. The summed E-state index contributed by atoms with van der Waals surface area (Å²) in [6, 6.07) is 10.3. The summed E-state index contributed by atoms with van der Waals surface area (Å²) in [6.07, 6.45) is -4.43. The Balaban J connectivity index is 2.05. The van der Waals surface area contributed by atoms with Gasteiger partial charge in [0.2, 0.25) is 10.0 Å². The van der Waals surface area contributed by atoms with Crippen molar-refractivity contribution in [2.75, 3.05) is 0 Å². The molecule has 0 saturated carbocycles. The third-order valence-electron chi connectivity index (χ3n) is 3.82. The highest BCUT2D eigenvalue weighted by Crippen LogP contribution is 2.36. The summed E-state index contributed by atoms with van der Waals surface area (Å²) >= 11 is 0. The summed E-state index contributed by atoms with van der Waals surface area (Å²) in [4.78, 5) is -0.0496. The molecule has 26 heavy (non-hydrogen) atoms. The van der Waals surface area contributed by atoms with E-state index < -0.39 is 21.8 Å². The molecule has 0 aliphatic heterocycles. The van der Waals surface area contributed by atoms with Crippen molar-refractivity contribution in [3.05, 3.63) is 59.9 Å². The van der Waals surface area contributed by atoms with E-state index in [1.54, 1.807) is 6.92 Å². The van der Waals surface area contributed by atoms with Crippen LogP contribution in [0.2, 0.25) is 0 Å². The van der Waals surface area contributed by atoms with Crippen LogP contribution in [0.25, 0.3) is 22.4 Å². The van der Waals surface area contributed by atoms with Crippen molar-refractivity contribution in [3.63, 3.8) is 0 Å². The molecule has 136 valence electrons. The van der Waals surface area contributed by atoms with Crippen molar-refractivity contribution in [2.24, 2.45) is 5.14 Å². The topological polar surface area (TPSA) is 86.2 Å². The van der Waals surface area contributed by atoms with Crippen LogP contribution < -0.4 is 5.14 Å². The molecule has 0 amide bonds. The second-order valence-corrected chi connectivity index (χ2v) is 7.17. The Morgan fingerprint density at radius 3 is 2.00 bits per heavy atom. The van der Waals surface area contributed by atoms with Crippen molar-refractivity contribution in [3.8, 4) is 22.4 Å². The predicted octanol–water partition coefficient (Wildman–Crippen LogP) is 3.98. The molecule has 0 saturated heterocycles. The number of rotatable bonds is 3. The molecular formula is C17H13F3N2O3S. The van der Waals surface area contributed by atoms with E-state index in [0.29, 0.717) is 28.1 Å². The highest BCUT2D eigenvalue weighted by molar-refractivity contribution is 7.89. The van der Waals surface area contributed by atoms with Crippen LogP contribution in [-0.2, 0) is 16.2 Å². The van der Waals surface area contributed by atoms with Gasteiger partial charge in [0.05, 0.1) is 16.0 Å². The second kappa shape index (κ2) is 6.26. The van der Waals surface area contributed by atoms with Gasteiger partial charge in [-0.2, -0.15) is 13.2 Å². The fourth-order valence-electron chi connectivity index (χ4n) is 2.54. The fourth-order valence-corrected chi connectivity index (χ4v) is 3.05. The summed E-state index contributed by atoms with van der Waals surface area (Å²) in [6.45, 7) is 1.66. The summed E-state index contributed by atoms with van der Waals surface area (Å²) in [5, 5.41) is 9.00. The zero-order chi connectivity index (χ0) is 19.1. The molecule has 5 nitrogen and oxygen atoms in total. The number of halogens is 3. The first-order valence-electron chi connectivity index (χ1n) is 7.34. The quantitative estimate of drug-likeness (QED) is 0.742. The number of alkyl halides is 3. The molecule has 1 aromatic heterocycles. The molecule has 0 unspecified atom stereocenters. The highest BCUT2D eigenvalue weighted by Gasteiger charge is 2.30. The molecule has 0 fully saturated rings. The number of benzene rings is 2. The number of nitrogens with zero attached hydrogens (tertiary/aromatic N) is 1. The molecule has 0 bridgehead atoms. The Labute approximate surface area is 147 Å². The molecule has 0 aliphatic rings. The maximum absolute atomic E-state index is 12.7. The van der Waals surface area contributed by atoms with E-state index in [9.17, 15) is 21.6 Å². The van der Waals surface area contributed by atoms with E-state index in [0.717, 1.165) is 12.1 Å². The summed E-state index contributed by atoms with van der Waals surface area (Å²) in [7, 11) is -3.83. The number of aryl methyl sites for hydroxylation is 1. The minimum atomic E-state index is -4.43. The second-order valence-electron chi connectivity index (χ2n) is 5.61. The standard InChI is InChI=1S/C17H13F3N2O3S/c1-10-15(11-4-8-14(9-5-11)26(21,23)24)16(22-25-10)12-2-6-13(7-3-12)17(18,19)20/h2-9H,1H3,(H2,21,23,24). The maximum Gasteiger partial charge on any atom is 0.416 e. The van der Waals surface area contributed by atoms with Crippen LogP contribution in [0, 0.1) is 6.92 Å². The van der Waals surface area contributed by atoms with Crippen LogP contribution in [0.4, 0.5) is 13.2 Å². The van der Waals surface area contributed by atoms with Crippen LogP contribution in [0.1, 0.15) is 11.3 Å². The van der Waals surface area contributed by atoms with Gasteiger partial charge >= 0.3 is 6.18 Å². The number of hydrogen-bond acceptors (Lipinski definition) is 4. The molecule has 9 heteroatoms. The first kappa shape index (κ1) is 18.2. The maximum atomic E-state index is 12.7. The molecule has 3 aromatic rings. The Kier molecular flexibility index (Phi) is 4.37. The van der Waals surface area contributed by atoms with Gasteiger partial charge in [-0.15, -0.1) is 0 Å². The predicted molar refractivity (Wildman–Crippen MR) is 88.5 cm³/mol. The van der Waals surface area contributed by atoms with Gasteiger partial charge < -0.3 is 4.52 Å². The summed E-state index contributed by atoms with van der Waals surface area (Å²) < 4.78 is 66.0. The van der Waals surface area contributed by atoms with Crippen molar-refractivity contribution < 1.29 is 26.1 Å². The lowest BCUT2D eigenvalue weighted by molar-refractivity contribution is -0.137. The Morgan fingerprint density at radius 1 is 0.962 bits per heavy atom. The molecule has 3 rings (SSSR count). The number of sulfonamides is 1. The fraction of sp³-hybridized carbons (Fsp3) is 0.118. The normalized spacial score (nSPS) is 12.3. The van der Waals surface area contributed by atoms with Crippen molar-refractivity contribution in [2.45, 2.75) is 18.0 Å². The van der Waals surface area contributed by atoms with Gasteiger partial charge in [0, 0.05) is 5.56 Å².